The van der Waals surface area contributed by atoms with Crippen molar-refractivity contribution in [3.63, 3.8) is 0 Å². The zero-order chi connectivity index (χ0) is 32.3. The number of rotatable bonds is 7. The Morgan fingerprint density at radius 3 is 2.09 bits per heavy atom. The quantitative estimate of drug-likeness (QED) is 0.124. The molecule has 0 aromatic rings. The molecule has 0 amide bonds. The van der Waals surface area contributed by atoms with E-state index in [1.54, 1.807) is 12.7 Å². The van der Waals surface area contributed by atoms with E-state index in [1.165, 1.54) is 13.5 Å². The van der Waals surface area contributed by atoms with Crippen molar-refractivity contribution in [1.29, 1.82) is 0 Å². The highest BCUT2D eigenvalue weighted by Crippen LogP contribution is 2.76. The molecule has 0 bridgehead atoms. The van der Waals surface area contributed by atoms with Crippen LogP contribution in [0.25, 0.3) is 0 Å². The van der Waals surface area contributed by atoms with E-state index in [0.717, 1.165) is 57.8 Å². The highest BCUT2D eigenvalue weighted by Gasteiger charge is 2.69. The summed E-state index contributed by atoms with van der Waals surface area (Å²) in [5.41, 5.74) is 1.70. The smallest absolute Gasteiger partial charge is 0.312 e. The maximum Gasteiger partial charge on any atom is 0.312 e. The summed E-state index contributed by atoms with van der Waals surface area (Å²) in [4.78, 5) is 37.8. The number of hydrogen-bond donors (Lipinski definition) is 0. The van der Waals surface area contributed by atoms with Crippen molar-refractivity contribution in [1.82, 2.24) is 0 Å². The Morgan fingerprint density at radius 1 is 0.773 bits per heavy atom. The van der Waals surface area contributed by atoms with Crippen molar-refractivity contribution in [3.05, 3.63) is 11.6 Å². The van der Waals surface area contributed by atoms with E-state index in [0.29, 0.717) is 37.5 Å². The summed E-state index contributed by atoms with van der Waals surface area (Å²) in [5, 5.41) is 0. The number of allylic oxidation sites excluding steroid dienone is 2. The topological polar surface area (TPSA) is 78.9 Å². The van der Waals surface area contributed by atoms with Crippen molar-refractivity contribution in [3.8, 4) is 0 Å². The Kier molecular flexibility index (Phi) is 8.71. The maximum absolute atomic E-state index is 13.5. The van der Waals surface area contributed by atoms with Crippen molar-refractivity contribution < 1.29 is 28.6 Å². The Bertz CT molecular complexity index is 1180. The lowest BCUT2D eigenvalue weighted by atomic mass is 9.33. The third-order valence-electron chi connectivity index (χ3n) is 14.7. The lowest BCUT2D eigenvalue weighted by Crippen LogP contribution is -2.65. The van der Waals surface area contributed by atoms with Crippen LogP contribution in [0.2, 0.25) is 0 Å². The van der Waals surface area contributed by atoms with Gasteiger partial charge in [-0.3, -0.25) is 14.4 Å². The molecule has 0 unspecified atom stereocenters. The van der Waals surface area contributed by atoms with Crippen LogP contribution >= 0.6 is 0 Å². The molecule has 0 aromatic carbocycles. The molecular formula is C38H60O6. The zero-order valence-corrected chi connectivity index (χ0v) is 29.2. The van der Waals surface area contributed by atoms with E-state index in [-0.39, 0.29) is 62.4 Å². The van der Waals surface area contributed by atoms with Crippen molar-refractivity contribution >= 4 is 17.9 Å². The number of methoxy groups -OCH3 is 2. The standard InChI is InChI=1S/C38H60O6/c1-33(2)20-22-38(32(41)43-9)23-21-36(6)25(26(38)24-33)14-15-28-35(5)18-17-29(34(3,4)27(35)16-19-37(28,36)7)44-31(40)13-11-10-12-30(39)42-8/h14,26-29H,10-13,15-24H2,1-9H3/t26-,27-,28+,29-,35-,36+,37+,38-/m0/s1. The van der Waals surface area contributed by atoms with Crippen LogP contribution in [0.3, 0.4) is 0 Å². The lowest BCUT2D eigenvalue weighted by molar-refractivity contribution is -0.214. The number of carbonyl (C=O) groups is 3. The summed E-state index contributed by atoms with van der Waals surface area (Å²) in [6, 6.07) is 0. The molecule has 0 radical (unpaired) electrons. The van der Waals surface area contributed by atoms with Gasteiger partial charge in [0.2, 0.25) is 0 Å². The third-order valence-corrected chi connectivity index (χ3v) is 14.7. The molecule has 5 aliphatic carbocycles. The minimum absolute atomic E-state index is 0.0157. The minimum Gasteiger partial charge on any atom is -0.469 e. The molecule has 6 heteroatoms. The molecule has 8 atom stereocenters. The van der Waals surface area contributed by atoms with E-state index in [9.17, 15) is 14.4 Å². The molecule has 0 saturated heterocycles. The fraction of sp³-hybridized carbons (Fsp3) is 0.868. The number of unbranched alkanes of at least 4 members (excludes halogenated alkanes) is 1. The van der Waals surface area contributed by atoms with E-state index >= 15 is 0 Å². The molecule has 0 aliphatic heterocycles. The fourth-order valence-corrected chi connectivity index (χ4v) is 11.9. The maximum atomic E-state index is 13.5. The minimum atomic E-state index is -0.372. The van der Waals surface area contributed by atoms with Gasteiger partial charge in [0.25, 0.3) is 0 Å². The van der Waals surface area contributed by atoms with E-state index < -0.39 is 0 Å². The number of hydrogen-bond acceptors (Lipinski definition) is 6. The Labute approximate surface area is 266 Å². The van der Waals surface area contributed by atoms with Crippen LogP contribution in [0, 0.1) is 50.2 Å². The average Bonchev–Trinajstić information content (AvgIpc) is 2.96. The van der Waals surface area contributed by atoms with Crippen LogP contribution in [-0.2, 0) is 28.6 Å². The zero-order valence-electron chi connectivity index (χ0n) is 29.2. The van der Waals surface area contributed by atoms with Gasteiger partial charge in [-0.15, -0.1) is 0 Å². The van der Waals surface area contributed by atoms with Crippen molar-refractivity contribution in [2.24, 2.45) is 50.2 Å². The number of fused-ring (bicyclic) bond motifs is 7. The fourth-order valence-electron chi connectivity index (χ4n) is 11.9. The SMILES string of the molecule is COC(=O)CCCCC(=O)O[C@H]1CC[C@]2(C)[C@H]3CC=C4[C@@H]5CC(C)(C)CC[C@]5(C(=O)OC)CC[C@@]4(C)[C@]3(C)CC[C@H]2C1(C)C. The largest absolute Gasteiger partial charge is 0.469 e. The number of ether oxygens (including phenoxy) is 3. The summed E-state index contributed by atoms with van der Waals surface area (Å²) >= 11 is 0. The molecule has 0 spiro atoms. The second kappa shape index (κ2) is 11.4. The summed E-state index contributed by atoms with van der Waals surface area (Å²) in [7, 11) is 2.98. The van der Waals surface area contributed by atoms with Crippen LogP contribution in [0.5, 0.6) is 0 Å². The molecule has 4 fully saturated rings. The number of carbonyl (C=O) groups excluding carboxylic acids is 3. The van der Waals surface area contributed by atoms with Gasteiger partial charge in [0.05, 0.1) is 19.6 Å². The van der Waals surface area contributed by atoms with Gasteiger partial charge in [-0.2, -0.15) is 0 Å². The molecule has 4 saturated carbocycles. The molecule has 0 aromatic heterocycles. The van der Waals surface area contributed by atoms with Crippen molar-refractivity contribution in [2.75, 3.05) is 14.2 Å². The average molecular weight is 613 g/mol. The molecule has 5 rings (SSSR count). The molecule has 0 N–H and O–H groups in total. The molecule has 0 heterocycles. The first kappa shape index (κ1) is 33.5. The molecular weight excluding hydrogens is 552 g/mol. The van der Waals surface area contributed by atoms with Crippen LogP contribution in [0.1, 0.15) is 138 Å². The van der Waals surface area contributed by atoms with Gasteiger partial charge >= 0.3 is 17.9 Å². The van der Waals surface area contributed by atoms with Gasteiger partial charge in [-0.25, -0.2) is 0 Å². The van der Waals surface area contributed by atoms with Gasteiger partial charge in [-0.05, 0) is 116 Å². The van der Waals surface area contributed by atoms with E-state index in [1.807, 2.05) is 0 Å². The van der Waals surface area contributed by atoms with Gasteiger partial charge in [0.15, 0.2) is 0 Å². The Balaban J connectivity index is 1.38. The lowest BCUT2D eigenvalue weighted by Gasteiger charge is -2.71. The first-order chi connectivity index (χ1) is 20.5. The van der Waals surface area contributed by atoms with E-state index in [4.69, 9.17) is 14.2 Å². The first-order valence-corrected chi connectivity index (χ1v) is 17.6. The van der Waals surface area contributed by atoms with Gasteiger partial charge < -0.3 is 14.2 Å². The second-order valence-electron chi connectivity index (χ2n) is 17.5. The first-order valence-electron chi connectivity index (χ1n) is 17.6. The monoisotopic (exact) mass is 612 g/mol. The summed E-state index contributed by atoms with van der Waals surface area (Å²) < 4.78 is 16.5. The molecule has 248 valence electrons. The predicted octanol–water partition coefficient (Wildman–Crippen LogP) is 8.61. The number of esters is 3. The van der Waals surface area contributed by atoms with Crippen LogP contribution in [-0.4, -0.2) is 38.2 Å². The Morgan fingerprint density at radius 2 is 1.43 bits per heavy atom. The second-order valence-corrected chi connectivity index (χ2v) is 17.5. The van der Waals surface area contributed by atoms with Crippen LogP contribution in [0.4, 0.5) is 0 Å². The van der Waals surface area contributed by atoms with Gasteiger partial charge in [0.1, 0.15) is 6.10 Å². The molecule has 44 heavy (non-hydrogen) atoms. The molecule has 5 aliphatic rings. The predicted molar refractivity (Wildman–Crippen MR) is 171 cm³/mol. The van der Waals surface area contributed by atoms with Gasteiger partial charge in [-0.1, -0.05) is 60.1 Å². The Hall–Kier alpha value is -1.85. The summed E-state index contributed by atoms with van der Waals surface area (Å²) in [5.74, 6) is 0.943. The summed E-state index contributed by atoms with van der Waals surface area (Å²) in [6.07, 6.45) is 14.9. The third kappa shape index (κ3) is 5.07. The summed E-state index contributed by atoms with van der Waals surface area (Å²) in [6.45, 7) is 17.2. The van der Waals surface area contributed by atoms with Crippen molar-refractivity contribution in [2.45, 2.75) is 144 Å². The van der Waals surface area contributed by atoms with Crippen LogP contribution < -0.4 is 0 Å². The van der Waals surface area contributed by atoms with E-state index in [2.05, 4.69) is 54.5 Å². The normalized spacial score (nSPS) is 41.9. The highest BCUT2D eigenvalue weighted by atomic mass is 16.5. The highest BCUT2D eigenvalue weighted by molar-refractivity contribution is 5.78. The molecule has 6 nitrogen and oxygen atoms in total. The van der Waals surface area contributed by atoms with Crippen LogP contribution in [0.15, 0.2) is 11.6 Å². The van der Waals surface area contributed by atoms with Gasteiger partial charge in [0, 0.05) is 18.3 Å².